The molecule has 1 heterocycles. The number of aryl methyl sites for hydroxylation is 1. The van der Waals surface area contributed by atoms with Gasteiger partial charge >= 0.3 is 5.97 Å². The summed E-state index contributed by atoms with van der Waals surface area (Å²) >= 11 is 1.40. The molecule has 3 aromatic rings. The van der Waals surface area contributed by atoms with Gasteiger partial charge in [0.2, 0.25) is 10.0 Å². The lowest BCUT2D eigenvalue weighted by atomic mass is 10.0. The molecule has 7 nitrogen and oxygen atoms in total. The van der Waals surface area contributed by atoms with Gasteiger partial charge in [-0.2, -0.15) is 0 Å². The van der Waals surface area contributed by atoms with E-state index in [1.54, 1.807) is 18.2 Å². The van der Waals surface area contributed by atoms with Gasteiger partial charge in [0, 0.05) is 18.5 Å². The van der Waals surface area contributed by atoms with Crippen LogP contribution in [0.25, 0.3) is 16.7 Å². The number of nitrogens with two attached hydrogens (primary N) is 1. The van der Waals surface area contributed by atoms with E-state index in [-0.39, 0.29) is 10.5 Å². The van der Waals surface area contributed by atoms with Crippen LogP contribution in [0.1, 0.15) is 36.8 Å². The number of hydrogen-bond donors (Lipinski definition) is 2. The Morgan fingerprint density at radius 2 is 1.85 bits per heavy atom. The summed E-state index contributed by atoms with van der Waals surface area (Å²) in [4.78, 5) is 16.5. The molecular formula is C24H27N3O4S2. The van der Waals surface area contributed by atoms with Crippen LogP contribution in [0.3, 0.4) is 0 Å². The number of benzene rings is 2. The predicted octanol–water partition coefficient (Wildman–Crippen LogP) is 4.41. The van der Waals surface area contributed by atoms with E-state index in [9.17, 15) is 18.3 Å². The summed E-state index contributed by atoms with van der Waals surface area (Å²) in [6.07, 6.45) is 4.53. The van der Waals surface area contributed by atoms with Gasteiger partial charge in [0.1, 0.15) is 10.9 Å². The minimum atomic E-state index is -3.86. The summed E-state index contributed by atoms with van der Waals surface area (Å²) in [7, 11) is -3.86. The molecule has 0 radical (unpaired) electrons. The molecule has 1 aromatic heterocycles. The topological polar surface area (TPSA) is 115 Å². The highest BCUT2D eigenvalue weighted by molar-refractivity contribution is 7.98. The SMILES string of the molecule is C=C(C(=O)O)c1c(SC)nc(CCCC)n1Cc1ccc(-c2ccccc2S(N)(=O)=O)cc1. The smallest absolute Gasteiger partial charge is 0.337 e. The average molecular weight is 486 g/mol. The number of hydrogen-bond acceptors (Lipinski definition) is 5. The number of unbranched alkanes of at least 4 members (excludes halogenated alkanes) is 1. The number of sulfonamides is 1. The van der Waals surface area contributed by atoms with Crippen molar-refractivity contribution in [3.8, 4) is 11.1 Å². The first-order valence-corrected chi connectivity index (χ1v) is 13.2. The number of carboxylic acids is 1. The lowest BCUT2D eigenvalue weighted by molar-refractivity contribution is -0.130. The van der Waals surface area contributed by atoms with Crippen LogP contribution in [0.2, 0.25) is 0 Å². The van der Waals surface area contributed by atoms with E-state index in [2.05, 4.69) is 13.5 Å². The summed E-state index contributed by atoms with van der Waals surface area (Å²) in [6, 6.07) is 14.1. The van der Waals surface area contributed by atoms with Crippen molar-refractivity contribution in [1.82, 2.24) is 9.55 Å². The van der Waals surface area contributed by atoms with Gasteiger partial charge in [-0.25, -0.2) is 23.3 Å². The maximum atomic E-state index is 12.0. The second-order valence-corrected chi connectivity index (χ2v) is 9.92. The lowest BCUT2D eigenvalue weighted by Gasteiger charge is -2.14. The third kappa shape index (κ3) is 5.55. The monoisotopic (exact) mass is 485 g/mol. The molecule has 0 aliphatic carbocycles. The second-order valence-electron chi connectivity index (χ2n) is 7.60. The summed E-state index contributed by atoms with van der Waals surface area (Å²) in [5.74, 6) is -0.259. The Morgan fingerprint density at radius 1 is 1.18 bits per heavy atom. The second kappa shape index (κ2) is 10.4. The lowest BCUT2D eigenvalue weighted by Crippen LogP contribution is -2.13. The van der Waals surface area contributed by atoms with Gasteiger partial charge in [-0.3, -0.25) is 0 Å². The molecule has 0 amide bonds. The molecule has 174 valence electrons. The molecule has 33 heavy (non-hydrogen) atoms. The number of nitrogens with zero attached hydrogens (tertiary/aromatic N) is 2. The van der Waals surface area contributed by atoms with Gasteiger partial charge in [-0.15, -0.1) is 11.8 Å². The first kappa shape index (κ1) is 24.8. The number of aromatic nitrogens is 2. The van der Waals surface area contributed by atoms with Crippen molar-refractivity contribution in [2.24, 2.45) is 5.14 Å². The average Bonchev–Trinajstić information content (AvgIpc) is 3.14. The van der Waals surface area contributed by atoms with Gasteiger partial charge in [0.05, 0.1) is 16.2 Å². The van der Waals surface area contributed by atoms with Crippen molar-refractivity contribution < 1.29 is 18.3 Å². The Morgan fingerprint density at radius 3 is 2.42 bits per heavy atom. The fraction of sp³-hybridized carbons (Fsp3) is 0.250. The molecule has 3 N–H and O–H groups in total. The minimum absolute atomic E-state index is 0.00768. The van der Waals surface area contributed by atoms with E-state index >= 15 is 0 Å². The summed E-state index contributed by atoms with van der Waals surface area (Å²) in [5, 5.41) is 15.6. The molecule has 0 spiro atoms. The first-order chi connectivity index (χ1) is 15.7. The Bertz CT molecular complexity index is 1280. The number of carboxylic acid groups (broad SMARTS) is 1. The van der Waals surface area contributed by atoms with Crippen LogP contribution >= 0.6 is 11.8 Å². The van der Waals surface area contributed by atoms with Gasteiger partial charge < -0.3 is 9.67 Å². The van der Waals surface area contributed by atoms with Crippen LogP contribution < -0.4 is 5.14 Å². The maximum absolute atomic E-state index is 12.0. The molecule has 0 bridgehead atoms. The van der Waals surface area contributed by atoms with Crippen molar-refractivity contribution in [1.29, 1.82) is 0 Å². The van der Waals surface area contributed by atoms with E-state index in [0.717, 1.165) is 36.2 Å². The zero-order valence-electron chi connectivity index (χ0n) is 18.6. The molecule has 3 rings (SSSR count). The Balaban J connectivity index is 2.01. The molecule has 0 aliphatic rings. The van der Waals surface area contributed by atoms with Gasteiger partial charge in [-0.05, 0) is 29.9 Å². The Kier molecular flexibility index (Phi) is 7.78. The molecular weight excluding hydrogens is 458 g/mol. The Labute approximate surface area is 198 Å². The van der Waals surface area contributed by atoms with Gasteiger partial charge in [0.15, 0.2) is 0 Å². The largest absolute Gasteiger partial charge is 0.478 e. The van der Waals surface area contributed by atoms with E-state index in [0.29, 0.717) is 22.8 Å². The van der Waals surface area contributed by atoms with Crippen LogP contribution in [-0.2, 0) is 27.8 Å². The third-order valence-electron chi connectivity index (χ3n) is 5.31. The van der Waals surface area contributed by atoms with E-state index < -0.39 is 16.0 Å². The summed E-state index contributed by atoms with van der Waals surface area (Å²) < 4.78 is 25.8. The van der Waals surface area contributed by atoms with Gasteiger partial charge in [-0.1, -0.05) is 62.4 Å². The van der Waals surface area contributed by atoms with Crippen molar-refractivity contribution >= 4 is 33.3 Å². The molecule has 0 fully saturated rings. The highest BCUT2D eigenvalue weighted by Gasteiger charge is 2.22. The molecule has 0 saturated carbocycles. The molecule has 0 unspecified atom stereocenters. The highest BCUT2D eigenvalue weighted by atomic mass is 32.2. The van der Waals surface area contributed by atoms with Crippen LogP contribution in [0, 0.1) is 0 Å². The number of primary sulfonamides is 1. The van der Waals surface area contributed by atoms with Crippen molar-refractivity contribution in [3.63, 3.8) is 0 Å². The molecule has 0 aliphatic heterocycles. The minimum Gasteiger partial charge on any atom is -0.478 e. The highest BCUT2D eigenvalue weighted by Crippen LogP contribution is 2.30. The van der Waals surface area contributed by atoms with E-state index in [1.165, 1.54) is 17.8 Å². The predicted molar refractivity (Wildman–Crippen MR) is 132 cm³/mol. The number of imidazole rings is 1. The quantitative estimate of drug-likeness (QED) is 0.325. The standard InChI is InChI=1S/C24H27N3O4S2/c1-4-5-10-21-26-23(32-3)22(16(2)24(28)29)27(21)15-17-11-13-18(14-12-17)19-8-6-7-9-20(19)33(25,30)31/h6-9,11-14H,2,4-5,10,15H2,1,3H3,(H,28,29)(H2,25,30,31). The fourth-order valence-electron chi connectivity index (χ4n) is 3.63. The summed E-state index contributed by atoms with van der Waals surface area (Å²) in [5.41, 5.74) is 2.70. The number of carbonyl (C=O) groups is 1. The molecule has 0 atom stereocenters. The molecule has 2 aromatic carbocycles. The third-order valence-corrected chi connectivity index (χ3v) is 6.95. The van der Waals surface area contributed by atoms with Gasteiger partial charge in [0.25, 0.3) is 0 Å². The fourth-order valence-corrected chi connectivity index (χ4v) is 5.02. The normalized spacial score (nSPS) is 11.5. The van der Waals surface area contributed by atoms with Crippen LogP contribution in [0.5, 0.6) is 0 Å². The van der Waals surface area contributed by atoms with Crippen LogP contribution in [0.4, 0.5) is 0 Å². The zero-order valence-corrected chi connectivity index (χ0v) is 20.2. The van der Waals surface area contributed by atoms with Crippen molar-refractivity contribution in [2.75, 3.05) is 6.26 Å². The first-order valence-electron chi connectivity index (χ1n) is 10.4. The van der Waals surface area contributed by atoms with E-state index in [4.69, 9.17) is 10.1 Å². The van der Waals surface area contributed by atoms with Crippen molar-refractivity contribution in [3.05, 3.63) is 72.2 Å². The van der Waals surface area contributed by atoms with Crippen LogP contribution in [0.15, 0.2) is 65.0 Å². The van der Waals surface area contributed by atoms with Crippen LogP contribution in [-0.4, -0.2) is 35.3 Å². The summed E-state index contributed by atoms with van der Waals surface area (Å²) in [6.45, 7) is 6.29. The number of thioether (sulfide) groups is 1. The van der Waals surface area contributed by atoms with Crippen molar-refractivity contribution in [2.45, 2.75) is 42.7 Å². The molecule has 9 heteroatoms. The molecule has 0 saturated heterocycles. The number of rotatable bonds is 10. The van der Waals surface area contributed by atoms with E-state index in [1.807, 2.05) is 35.1 Å². The maximum Gasteiger partial charge on any atom is 0.337 e. The Hall–Kier alpha value is -2.88. The zero-order chi connectivity index (χ0) is 24.2. The number of aliphatic carboxylic acids is 1.